The minimum Gasteiger partial charge on any atom is -0.465 e. The fraction of sp³-hybridized carbons (Fsp3) is 0.579. The fourth-order valence-electron chi connectivity index (χ4n) is 2.03. The molecule has 0 aliphatic rings. The molecule has 1 rings (SSSR count). The van der Waals surface area contributed by atoms with E-state index in [-0.39, 0.29) is 37.5 Å². The molecule has 0 saturated heterocycles. The second kappa shape index (κ2) is 10.0. The van der Waals surface area contributed by atoms with Crippen LogP contribution in [0, 0.1) is 11.8 Å². The molecule has 4 nitrogen and oxygen atoms in total. The first-order valence-electron chi connectivity index (χ1n) is 8.28. The van der Waals surface area contributed by atoms with Crippen LogP contribution in [-0.4, -0.2) is 18.5 Å². The highest BCUT2D eigenvalue weighted by atomic mass is 16.5. The summed E-state index contributed by atoms with van der Waals surface area (Å²) in [5.41, 5.74) is 2.28. The highest BCUT2D eigenvalue weighted by Crippen LogP contribution is 2.11. The van der Waals surface area contributed by atoms with Crippen LogP contribution in [0.25, 0.3) is 0 Å². The van der Waals surface area contributed by atoms with Crippen molar-refractivity contribution in [2.45, 2.75) is 53.6 Å². The summed E-state index contributed by atoms with van der Waals surface area (Å²) >= 11 is 0. The number of rotatable bonds is 9. The van der Waals surface area contributed by atoms with Crippen LogP contribution in [0.2, 0.25) is 0 Å². The molecule has 0 atom stereocenters. The van der Waals surface area contributed by atoms with Gasteiger partial charge in [0, 0.05) is 6.42 Å². The number of benzene rings is 1. The Hall–Kier alpha value is -1.84. The Labute approximate surface area is 139 Å². The Bertz CT molecular complexity index is 489. The molecule has 23 heavy (non-hydrogen) atoms. The molecular formula is C19H28O4. The van der Waals surface area contributed by atoms with Crippen molar-refractivity contribution in [2.75, 3.05) is 6.61 Å². The number of ether oxygens (including phenoxy) is 2. The lowest BCUT2D eigenvalue weighted by molar-refractivity contribution is -0.150. The molecule has 0 radical (unpaired) electrons. The molecule has 0 amide bonds. The summed E-state index contributed by atoms with van der Waals surface area (Å²) in [6.07, 6.45) is 1.80. The van der Waals surface area contributed by atoms with Crippen molar-refractivity contribution < 1.29 is 19.1 Å². The van der Waals surface area contributed by atoms with Gasteiger partial charge in [-0.15, -0.1) is 0 Å². The zero-order chi connectivity index (χ0) is 17.2. The summed E-state index contributed by atoms with van der Waals surface area (Å²) in [7, 11) is 0. The number of esters is 2. The molecule has 0 spiro atoms. The van der Waals surface area contributed by atoms with Gasteiger partial charge in [-0.05, 0) is 29.9 Å². The fourth-order valence-corrected chi connectivity index (χ4v) is 2.03. The Morgan fingerprint density at radius 3 is 2.13 bits per heavy atom. The maximum absolute atomic E-state index is 11.6. The molecule has 128 valence electrons. The molecule has 0 aliphatic heterocycles. The molecule has 1 aromatic rings. The zero-order valence-electron chi connectivity index (χ0n) is 14.6. The summed E-state index contributed by atoms with van der Waals surface area (Å²) in [5, 5.41) is 0. The van der Waals surface area contributed by atoms with Crippen molar-refractivity contribution in [1.82, 2.24) is 0 Å². The van der Waals surface area contributed by atoms with E-state index < -0.39 is 0 Å². The van der Waals surface area contributed by atoms with Gasteiger partial charge in [-0.3, -0.25) is 9.59 Å². The van der Waals surface area contributed by atoms with Crippen molar-refractivity contribution in [2.24, 2.45) is 11.8 Å². The molecule has 0 heterocycles. The van der Waals surface area contributed by atoms with Crippen LogP contribution in [0.1, 0.15) is 51.7 Å². The Morgan fingerprint density at radius 2 is 1.57 bits per heavy atom. The lowest BCUT2D eigenvalue weighted by Crippen LogP contribution is -2.13. The van der Waals surface area contributed by atoms with Gasteiger partial charge in [0.05, 0.1) is 12.5 Å². The number of hydrogen-bond acceptors (Lipinski definition) is 4. The third-order valence-electron chi connectivity index (χ3n) is 3.31. The molecule has 4 heteroatoms. The Morgan fingerprint density at radius 1 is 0.957 bits per heavy atom. The van der Waals surface area contributed by atoms with Crippen LogP contribution in [0.15, 0.2) is 24.3 Å². The summed E-state index contributed by atoms with van der Waals surface area (Å²) in [4.78, 5) is 22.9. The van der Waals surface area contributed by atoms with Gasteiger partial charge >= 0.3 is 11.9 Å². The van der Waals surface area contributed by atoms with Gasteiger partial charge in [-0.25, -0.2) is 0 Å². The van der Waals surface area contributed by atoms with Gasteiger partial charge in [0.2, 0.25) is 0 Å². The summed E-state index contributed by atoms with van der Waals surface area (Å²) < 4.78 is 10.2. The Kier molecular flexibility index (Phi) is 8.38. The molecule has 0 saturated carbocycles. The van der Waals surface area contributed by atoms with E-state index in [1.807, 2.05) is 12.1 Å². The Balaban J connectivity index is 2.21. The molecule has 0 unspecified atom stereocenters. The standard InChI is InChI=1S/C19H28O4/c1-14(2)12-16-7-9-17(10-8-16)13-23-18(20)6-5-11-22-19(21)15(3)4/h7-10,14-15H,5-6,11-13H2,1-4H3. The highest BCUT2D eigenvalue weighted by molar-refractivity contribution is 5.71. The lowest BCUT2D eigenvalue weighted by atomic mass is 10.0. The molecule has 0 aliphatic carbocycles. The SMILES string of the molecule is CC(C)Cc1ccc(COC(=O)CCCOC(=O)C(C)C)cc1. The van der Waals surface area contributed by atoms with E-state index in [0.717, 1.165) is 12.0 Å². The van der Waals surface area contributed by atoms with Gasteiger partial charge < -0.3 is 9.47 Å². The number of carbonyl (C=O) groups is 2. The normalized spacial score (nSPS) is 10.9. The van der Waals surface area contributed by atoms with Crippen LogP contribution in [0.3, 0.4) is 0 Å². The van der Waals surface area contributed by atoms with Crippen LogP contribution in [-0.2, 0) is 32.1 Å². The predicted octanol–water partition coefficient (Wildman–Crippen LogP) is 3.91. The maximum atomic E-state index is 11.6. The van der Waals surface area contributed by atoms with E-state index in [2.05, 4.69) is 26.0 Å². The first kappa shape index (κ1) is 19.2. The molecular weight excluding hydrogens is 292 g/mol. The largest absolute Gasteiger partial charge is 0.465 e. The van der Waals surface area contributed by atoms with Crippen LogP contribution >= 0.6 is 0 Å². The molecule has 0 fully saturated rings. The molecule has 0 aromatic heterocycles. The predicted molar refractivity (Wildman–Crippen MR) is 89.8 cm³/mol. The van der Waals surface area contributed by atoms with Gasteiger partial charge in [0.15, 0.2) is 0 Å². The first-order valence-corrected chi connectivity index (χ1v) is 8.28. The smallest absolute Gasteiger partial charge is 0.308 e. The first-order chi connectivity index (χ1) is 10.9. The second-order valence-electron chi connectivity index (χ2n) is 6.50. The summed E-state index contributed by atoms with van der Waals surface area (Å²) in [6, 6.07) is 8.15. The third kappa shape index (κ3) is 8.38. The van der Waals surface area contributed by atoms with Crippen LogP contribution in [0.5, 0.6) is 0 Å². The van der Waals surface area contributed by atoms with Crippen molar-refractivity contribution in [3.63, 3.8) is 0 Å². The second-order valence-corrected chi connectivity index (χ2v) is 6.50. The maximum Gasteiger partial charge on any atom is 0.308 e. The quantitative estimate of drug-likeness (QED) is 0.511. The van der Waals surface area contributed by atoms with Gasteiger partial charge in [0.1, 0.15) is 6.61 Å². The third-order valence-corrected chi connectivity index (χ3v) is 3.31. The van der Waals surface area contributed by atoms with Crippen LogP contribution < -0.4 is 0 Å². The number of carbonyl (C=O) groups excluding carboxylic acids is 2. The lowest BCUT2D eigenvalue weighted by Gasteiger charge is -2.08. The van der Waals surface area contributed by atoms with Crippen LogP contribution in [0.4, 0.5) is 0 Å². The molecule has 1 aromatic carbocycles. The van der Waals surface area contributed by atoms with Crippen molar-refractivity contribution >= 4 is 11.9 Å². The summed E-state index contributed by atoms with van der Waals surface area (Å²) in [6.45, 7) is 8.48. The van der Waals surface area contributed by atoms with E-state index in [4.69, 9.17) is 9.47 Å². The monoisotopic (exact) mass is 320 g/mol. The zero-order valence-corrected chi connectivity index (χ0v) is 14.6. The summed E-state index contributed by atoms with van der Waals surface area (Å²) in [5.74, 6) is -0.0131. The van der Waals surface area contributed by atoms with Crippen molar-refractivity contribution in [3.05, 3.63) is 35.4 Å². The van der Waals surface area contributed by atoms with E-state index in [9.17, 15) is 9.59 Å². The van der Waals surface area contributed by atoms with Crippen molar-refractivity contribution in [3.8, 4) is 0 Å². The van der Waals surface area contributed by atoms with E-state index in [0.29, 0.717) is 12.3 Å². The van der Waals surface area contributed by atoms with Gasteiger partial charge in [0.25, 0.3) is 0 Å². The van der Waals surface area contributed by atoms with E-state index in [1.165, 1.54) is 5.56 Å². The average Bonchev–Trinajstić information content (AvgIpc) is 2.50. The average molecular weight is 320 g/mol. The minimum absolute atomic E-state index is 0.138. The minimum atomic E-state index is -0.267. The van der Waals surface area contributed by atoms with E-state index in [1.54, 1.807) is 13.8 Å². The topological polar surface area (TPSA) is 52.6 Å². The number of hydrogen-bond donors (Lipinski definition) is 0. The van der Waals surface area contributed by atoms with E-state index >= 15 is 0 Å². The van der Waals surface area contributed by atoms with Gasteiger partial charge in [-0.2, -0.15) is 0 Å². The molecule has 0 bridgehead atoms. The molecule has 0 N–H and O–H groups in total. The highest BCUT2D eigenvalue weighted by Gasteiger charge is 2.09. The van der Waals surface area contributed by atoms with Crippen molar-refractivity contribution in [1.29, 1.82) is 0 Å². The van der Waals surface area contributed by atoms with Gasteiger partial charge in [-0.1, -0.05) is 52.0 Å².